The molecule has 2 amide bonds. The molecule has 1 aliphatic rings. The second-order valence-electron chi connectivity index (χ2n) is 6.24. The monoisotopic (exact) mass is 352 g/mol. The Morgan fingerprint density at radius 3 is 2.85 bits per heavy atom. The van der Waals surface area contributed by atoms with Crippen LogP contribution >= 0.6 is 0 Å². The average molecular weight is 352 g/mol. The maximum atomic E-state index is 12.1. The second kappa shape index (κ2) is 6.14. The number of benzene rings is 1. The molecule has 1 atom stereocenters. The van der Waals surface area contributed by atoms with E-state index in [4.69, 9.17) is 10.5 Å². The minimum Gasteiger partial charge on any atom is -0.475 e. The first-order chi connectivity index (χ1) is 12.5. The fourth-order valence-corrected chi connectivity index (χ4v) is 3.20. The van der Waals surface area contributed by atoms with Gasteiger partial charge in [0.05, 0.1) is 11.6 Å². The van der Waals surface area contributed by atoms with Crippen LogP contribution in [0.3, 0.4) is 0 Å². The van der Waals surface area contributed by atoms with Gasteiger partial charge in [0.25, 0.3) is 11.5 Å². The van der Waals surface area contributed by atoms with Crippen molar-refractivity contribution < 1.29 is 14.3 Å². The van der Waals surface area contributed by atoms with E-state index in [9.17, 15) is 14.4 Å². The van der Waals surface area contributed by atoms with Gasteiger partial charge in [-0.05, 0) is 30.0 Å². The number of pyridine rings is 2. The van der Waals surface area contributed by atoms with E-state index in [1.807, 2.05) is 0 Å². The standard InChI is InChI=1S/C18H16N4O4/c19-16(24)14-7-21-17(25)13-5-9-3-4-20-18(11(9)6-12(13)14)26-8-10-1-2-15(23)22-10/h3-7,10H,1-2,8H2,(H2,19,24)(H,21,25)(H,22,23). The van der Waals surface area contributed by atoms with Crippen LogP contribution in [0.5, 0.6) is 5.88 Å². The Balaban J connectivity index is 1.80. The number of carbonyl (C=O) groups excluding carboxylic acids is 2. The Hall–Kier alpha value is -3.42. The Kier molecular flexibility index (Phi) is 3.80. The van der Waals surface area contributed by atoms with Gasteiger partial charge in [-0.15, -0.1) is 0 Å². The quantitative estimate of drug-likeness (QED) is 0.599. The molecule has 8 heteroatoms. The topological polar surface area (TPSA) is 127 Å². The zero-order chi connectivity index (χ0) is 18.3. The number of nitrogens with zero attached hydrogens (tertiary/aromatic N) is 1. The Labute approximate surface area is 147 Å². The number of hydrogen-bond donors (Lipinski definition) is 3. The van der Waals surface area contributed by atoms with Gasteiger partial charge in [-0.3, -0.25) is 14.4 Å². The number of fused-ring (bicyclic) bond motifs is 2. The predicted molar refractivity (Wildman–Crippen MR) is 95.0 cm³/mol. The maximum absolute atomic E-state index is 12.1. The molecule has 26 heavy (non-hydrogen) atoms. The van der Waals surface area contributed by atoms with Crippen LogP contribution in [-0.4, -0.2) is 34.4 Å². The third-order valence-corrected chi connectivity index (χ3v) is 4.52. The van der Waals surface area contributed by atoms with Gasteiger partial charge in [0.15, 0.2) is 0 Å². The molecule has 0 radical (unpaired) electrons. The van der Waals surface area contributed by atoms with E-state index in [2.05, 4.69) is 15.3 Å². The van der Waals surface area contributed by atoms with Crippen LogP contribution in [0.15, 0.2) is 35.4 Å². The van der Waals surface area contributed by atoms with E-state index in [1.165, 1.54) is 6.20 Å². The van der Waals surface area contributed by atoms with Crippen molar-refractivity contribution >= 4 is 33.4 Å². The van der Waals surface area contributed by atoms with Crippen molar-refractivity contribution in [3.63, 3.8) is 0 Å². The molecule has 3 heterocycles. The number of nitrogens with one attached hydrogen (secondary N) is 2. The largest absolute Gasteiger partial charge is 0.475 e. The molecule has 4 N–H and O–H groups in total. The van der Waals surface area contributed by atoms with Gasteiger partial charge >= 0.3 is 0 Å². The number of nitrogens with two attached hydrogens (primary N) is 1. The van der Waals surface area contributed by atoms with Crippen LogP contribution in [0.4, 0.5) is 0 Å². The number of aromatic amines is 1. The highest BCUT2D eigenvalue weighted by molar-refractivity contribution is 6.10. The van der Waals surface area contributed by atoms with Gasteiger partial charge in [0.1, 0.15) is 6.61 Å². The molecule has 132 valence electrons. The average Bonchev–Trinajstić information content (AvgIpc) is 3.04. The van der Waals surface area contributed by atoms with Gasteiger partial charge in [-0.1, -0.05) is 0 Å². The summed E-state index contributed by atoms with van der Waals surface area (Å²) in [6.07, 6.45) is 4.10. The molecule has 1 aromatic carbocycles. The lowest BCUT2D eigenvalue weighted by Crippen LogP contribution is -2.31. The van der Waals surface area contributed by atoms with Crippen LogP contribution in [0.2, 0.25) is 0 Å². The number of amides is 2. The zero-order valence-corrected chi connectivity index (χ0v) is 13.7. The number of primary amides is 1. The van der Waals surface area contributed by atoms with Crippen molar-refractivity contribution in [1.29, 1.82) is 0 Å². The molecule has 8 nitrogen and oxygen atoms in total. The first-order valence-electron chi connectivity index (χ1n) is 8.19. The van der Waals surface area contributed by atoms with Crippen molar-refractivity contribution in [1.82, 2.24) is 15.3 Å². The van der Waals surface area contributed by atoms with Gasteiger partial charge in [0, 0.05) is 35.0 Å². The molecule has 1 saturated heterocycles. The third-order valence-electron chi connectivity index (χ3n) is 4.52. The van der Waals surface area contributed by atoms with Crippen LogP contribution in [0.1, 0.15) is 23.2 Å². The van der Waals surface area contributed by atoms with Crippen LogP contribution in [0.25, 0.3) is 21.5 Å². The molecule has 1 fully saturated rings. The smallest absolute Gasteiger partial charge is 0.255 e. The van der Waals surface area contributed by atoms with E-state index in [0.717, 1.165) is 5.39 Å². The lowest BCUT2D eigenvalue weighted by molar-refractivity contribution is -0.119. The minimum atomic E-state index is -0.634. The van der Waals surface area contributed by atoms with E-state index in [-0.39, 0.29) is 23.1 Å². The number of ether oxygens (including phenoxy) is 1. The zero-order valence-electron chi connectivity index (χ0n) is 13.7. The summed E-state index contributed by atoms with van der Waals surface area (Å²) in [6.45, 7) is 0.300. The minimum absolute atomic E-state index is 0.0146. The van der Waals surface area contributed by atoms with Gasteiger partial charge in [0.2, 0.25) is 11.8 Å². The van der Waals surface area contributed by atoms with Crippen molar-refractivity contribution in [2.24, 2.45) is 5.73 Å². The highest BCUT2D eigenvalue weighted by Gasteiger charge is 2.21. The summed E-state index contributed by atoms with van der Waals surface area (Å²) in [5, 5.41) is 5.07. The third kappa shape index (κ3) is 2.75. The lowest BCUT2D eigenvalue weighted by Gasteiger charge is -2.13. The lowest BCUT2D eigenvalue weighted by atomic mass is 10.0. The summed E-state index contributed by atoms with van der Waals surface area (Å²) in [5.41, 5.74) is 5.33. The number of aromatic nitrogens is 2. The summed E-state index contributed by atoms with van der Waals surface area (Å²) < 4.78 is 5.80. The van der Waals surface area contributed by atoms with Crippen LogP contribution < -0.4 is 21.3 Å². The predicted octanol–water partition coefficient (Wildman–Crippen LogP) is 0.833. The highest BCUT2D eigenvalue weighted by Crippen LogP contribution is 2.28. The molecule has 0 saturated carbocycles. The van der Waals surface area contributed by atoms with Gasteiger partial charge < -0.3 is 20.8 Å². The molecule has 4 rings (SSSR count). The Morgan fingerprint density at radius 2 is 2.12 bits per heavy atom. The Morgan fingerprint density at radius 1 is 1.27 bits per heavy atom. The summed E-state index contributed by atoms with van der Waals surface area (Å²) >= 11 is 0. The molecule has 0 bridgehead atoms. The van der Waals surface area contributed by atoms with Gasteiger partial charge in [-0.2, -0.15) is 0 Å². The highest BCUT2D eigenvalue weighted by atomic mass is 16.5. The van der Waals surface area contributed by atoms with Crippen molar-refractivity contribution in [3.8, 4) is 5.88 Å². The molecule has 3 aromatic rings. The molecule has 1 aliphatic heterocycles. The summed E-state index contributed by atoms with van der Waals surface area (Å²) in [4.78, 5) is 41.9. The number of carbonyl (C=O) groups is 2. The van der Waals surface area contributed by atoms with Crippen LogP contribution in [0, 0.1) is 0 Å². The molecule has 0 aliphatic carbocycles. The Bertz CT molecular complexity index is 1110. The van der Waals surface area contributed by atoms with E-state index in [1.54, 1.807) is 24.4 Å². The summed E-state index contributed by atoms with van der Waals surface area (Å²) in [7, 11) is 0. The molecule has 2 aromatic heterocycles. The van der Waals surface area contributed by atoms with Gasteiger partial charge in [-0.25, -0.2) is 4.98 Å². The summed E-state index contributed by atoms with van der Waals surface area (Å²) in [6, 6.07) is 5.08. The first kappa shape index (κ1) is 16.1. The number of hydrogen-bond acceptors (Lipinski definition) is 5. The normalized spacial score (nSPS) is 16.8. The fourth-order valence-electron chi connectivity index (χ4n) is 3.20. The molecule has 1 unspecified atom stereocenters. The SMILES string of the molecule is NC(=O)c1c[nH]c(=O)c2cc3ccnc(OCC4CCC(=O)N4)c3cc12. The summed E-state index contributed by atoms with van der Waals surface area (Å²) in [5.74, 6) is -0.243. The van der Waals surface area contributed by atoms with Crippen molar-refractivity contribution in [3.05, 3.63) is 46.5 Å². The maximum Gasteiger partial charge on any atom is 0.255 e. The van der Waals surface area contributed by atoms with Crippen LogP contribution in [-0.2, 0) is 4.79 Å². The molecular formula is C18H16N4O4. The first-order valence-corrected chi connectivity index (χ1v) is 8.19. The van der Waals surface area contributed by atoms with Crippen molar-refractivity contribution in [2.45, 2.75) is 18.9 Å². The number of rotatable bonds is 4. The van der Waals surface area contributed by atoms with E-state index in [0.29, 0.717) is 41.5 Å². The van der Waals surface area contributed by atoms with E-state index < -0.39 is 5.91 Å². The molecule has 0 spiro atoms. The number of H-pyrrole nitrogens is 1. The molecular weight excluding hydrogens is 336 g/mol. The second-order valence-corrected chi connectivity index (χ2v) is 6.24. The fraction of sp³-hybridized carbons (Fsp3) is 0.222. The van der Waals surface area contributed by atoms with E-state index >= 15 is 0 Å². The van der Waals surface area contributed by atoms with Crippen molar-refractivity contribution in [2.75, 3.05) is 6.61 Å².